The molecule has 2 fully saturated rings. The van der Waals surface area contributed by atoms with Crippen molar-refractivity contribution in [3.05, 3.63) is 31.9 Å². The van der Waals surface area contributed by atoms with Gasteiger partial charge in [-0.25, -0.2) is 0 Å². The maximum absolute atomic E-state index is 13.6. The number of piperidine rings is 1. The van der Waals surface area contributed by atoms with Crippen molar-refractivity contribution in [2.24, 2.45) is 17.8 Å². The number of hydrogen-bond acceptors (Lipinski definition) is 6. The molecule has 0 radical (unpaired) electrons. The molecule has 0 aromatic carbocycles. The standard InChI is InChI=1S/C29H42N4O2S2/c1-7-10-11-22(9-3)18-33-28(35)25(37-29(33)36)14-23-21(6)24(15-30)27(34)32(12-8-2)26(23)31-16-19(4)13-20(5)17-31/h14,19-20,22H,7-13,16-18H2,1-6H3. The Bertz CT molecular complexity index is 1140. The van der Waals surface area contributed by atoms with Crippen LogP contribution in [0.25, 0.3) is 6.08 Å². The maximum Gasteiger partial charge on any atom is 0.270 e. The summed E-state index contributed by atoms with van der Waals surface area (Å²) in [5.41, 5.74) is 1.35. The Balaban J connectivity index is 2.12. The summed E-state index contributed by atoms with van der Waals surface area (Å²) in [5.74, 6) is 2.17. The van der Waals surface area contributed by atoms with Crippen LogP contribution in [0.4, 0.5) is 5.82 Å². The minimum atomic E-state index is -0.242. The number of unbranched alkanes of at least 4 members (excludes halogenated alkanes) is 1. The van der Waals surface area contributed by atoms with E-state index in [9.17, 15) is 14.9 Å². The van der Waals surface area contributed by atoms with E-state index in [2.05, 4.69) is 38.7 Å². The van der Waals surface area contributed by atoms with Crippen molar-refractivity contribution in [1.29, 1.82) is 5.26 Å². The van der Waals surface area contributed by atoms with E-state index < -0.39 is 0 Å². The highest BCUT2D eigenvalue weighted by molar-refractivity contribution is 8.26. The normalized spacial score (nSPS) is 22.1. The zero-order valence-corrected chi connectivity index (χ0v) is 24.9. The SMILES string of the molecule is CCCCC(CC)CN1C(=O)C(=Cc2c(C)c(C#N)c(=O)n(CCC)c2N2CC(C)CC(C)C2)SC1=S. The van der Waals surface area contributed by atoms with Crippen LogP contribution in [0.2, 0.25) is 0 Å². The zero-order chi connectivity index (χ0) is 27.3. The Morgan fingerprint density at radius 2 is 1.84 bits per heavy atom. The number of thioether (sulfide) groups is 1. The first-order valence-corrected chi connectivity index (χ1v) is 15.1. The second-order valence-corrected chi connectivity index (χ2v) is 12.5. The van der Waals surface area contributed by atoms with Crippen molar-refractivity contribution in [3.63, 3.8) is 0 Å². The highest BCUT2D eigenvalue weighted by Crippen LogP contribution is 2.38. The average molecular weight is 543 g/mol. The third-order valence-corrected chi connectivity index (χ3v) is 8.97. The second kappa shape index (κ2) is 13.1. The number of carbonyl (C=O) groups excluding carboxylic acids is 1. The molecule has 0 saturated carbocycles. The molecule has 1 aromatic rings. The lowest BCUT2D eigenvalue weighted by Crippen LogP contribution is -2.43. The molecule has 0 bridgehead atoms. The van der Waals surface area contributed by atoms with Crippen molar-refractivity contribution < 1.29 is 4.79 Å². The fraction of sp³-hybridized carbons (Fsp3) is 0.655. The molecule has 0 spiro atoms. The molecule has 3 rings (SSSR count). The maximum atomic E-state index is 13.6. The molecule has 2 saturated heterocycles. The molecule has 37 heavy (non-hydrogen) atoms. The van der Waals surface area contributed by atoms with Gasteiger partial charge in [-0.2, -0.15) is 5.26 Å². The first-order chi connectivity index (χ1) is 17.7. The summed E-state index contributed by atoms with van der Waals surface area (Å²) in [6.45, 7) is 15.6. The van der Waals surface area contributed by atoms with Gasteiger partial charge >= 0.3 is 0 Å². The Morgan fingerprint density at radius 1 is 1.16 bits per heavy atom. The van der Waals surface area contributed by atoms with E-state index in [1.54, 1.807) is 9.47 Å². The lowest BCUT2D eigenvalue weighted by Gasteiger charge is -2.39. The van der Waals surface area contributed by atoms with Crippen LogP contribution in [-0.2, 0) is 11.3 Å². The summed E-state index contributed by atoms with van der Waals surface area (Å²) < 4.78 is 2.36. The fourth-order valence-corrected chi connectivity index (χ4v) is 6.97. The van der Waals surface area contributed by atoms with Gasteiger partial charge in [-0.1, -0.05) is 77.9 Å². The zero-order valence-electron chi connectivity index (χ0n) is 23.3. The number of hydrogen-bond donors (Lipinski definition) is 0. The number of amides is 1. The van der Waals surface area contributed by atoms with Crippen molar-refractivity contribution in [2.45, 2.75) is 86.6 Å². The monoisotopic (exact) mass is 542 g/mol. The van der Waals surface area contributed by atoms with E-state index in [1.165, 1.54) is 11.8 Å². The van der Waals surface area contributed by atoms with Crippen LogP contribution in [0.1, 0.15) is 89.8 Å². The van der Waals surface area contributed by atoms with Crippen LogP contribution in [-0.4, -0.2) is 39.3 Å². The molecule has 3 atom stereocenters. The Labute approximate surface area is 232 Å². The molecular formula is C29H42N4O2S2. The molecule has 202 valence electrons. The molecule has 2 aliphatic rings. The summed E-state index contributed by atoms with van der Waals surface area (Å²) in [4.78, 5) is 31.6. The lowest BCUT2D eigenvalue weighted by molar-refractivity contribution is -0.122. The number of carbonyl (C=O) groups is 1. The molecule has 8 heteroatoms. The number of anilines is 1. The molecule has 1 aromatic heterocycles. The van der Waals surface area contributed by atoms with Crippen LogP contribution < -0.4 is 10.5 Å². The van der Waals surface area contributed by atoms with Gasteiger partial charge in [-0.05, 0) is 55.6 Å². The van der Waals surface area contributed by atoms with Gasteiger partial charge in [0.15, 0.2) is 0 Å². The number of thiocarbonyl (C=S) groups is 1. The van der Waals surface area contributed by atoms with Gasteiger partial charge in [0.25, 0.3) is 11.5 Å². The summed E-state index contributed by atoms with van der Waals surface area (Å²) in [6.07, 6.45) is 8.20. The van der Waals surface area contributed by atoms with Gasteiger partial charge < -0.3 is 4.90 Å². The first kappa shape index (κ1) is 29.4. The lowest BCUT2D eigenvalue weighted by atomic mass is 9.91. The Morgan fingerprint density at radius 3 is 2.41 bits per heavy atom. The minimum Gasteiger partial charge on any atom is -0.357 e. The van der Waals surface area contributed by atoms with Gasteiger partial charge in [0.2, 0.25) is 0 Å². The summed E-state index contributed by atoms with van der Waals surface area (Å²) in [5, 5.41) is 9.90. The highest BCUT2D eigenvalue weighted by atomic mass is 32.2. The number of nitriles is 1. The first-order valence-electron chi connectivity index (χ1n) is 13.8. The van der Waals surface area contributed by atoms with E-state index in [4.69, 9.17) is 12.2 Å². The molecule has 3 heterocycles. The van der Waals surface area contributed by atoms with Crippen molar-refractivity contribution in [3.8, 4) is 6.07 Å². The third kappa shape index (κ3) is 6.49. The van der Waals surface area contributed by atoms with Crippen molar-refractivity contribution >= 4 is 46.1 Å². The van der Waals surface area contributed by atoms with E-state index in [-0.39, 0.29) is 17.0 Å². The van der Waals surface area contributed by atoms with Crippen LogP contribution in [0.15, 0.2) is 9.70 Å². The second-order valence-electron chi connectivity index (χ2n) is 10.9. The number of aromatic nitrogens is 1. The summed E-state index contributed by atoms with van der Waals surface area (Å²) >= 11 is 6.99. The van der Waals surface area contributed by atoms with Gasteiger partial charge in [-0.15, -0.1) is 0 Å². The van der Waals surface area contributed by atoms with E-state index >= 15 is 0 Å². The van der Waals surface area contributed by atoms with Gasteiger partial charge in [0.05, 0.1) is 4.91 Å². The Kier molecular flexibility index (Phi) is 10.4. The predicted octanol–water partition coefficient (Wildman–Crippen LogP) is 6.34. The third-order valence-electron chi connectivity index (χ3n) is 7.60. The number of nitrogens with zero attached hydrogens (tertiary/aromatic N) is 4. The Hall–Kier alpha value is -2.11. The van der Waals surface area contributed by atoms with Crippen molar-refractivity contribution in [2.75, 3.05) is 24.5 Å². The van der Waals surface area contributed by atoms with Crippen LogP contribution in [0.5, 0.6) is 0 Å². The summed E-state index contributed by atoms with van der Waals surface area (Å²) in [7, 11) is 0. The largest absolute Gasteiger partial charge is 0.357 e. The van der Waals surface area contributed by atoms with E-state index in [1.807, 2.05) is 19.9 Å². The van der Waals surface area contributed by atoms with E-state index in [0.29, 0.717) is 45.6 Å². The molecule has 3 unspecified atom stereocenters. The molecule has 1 amide bonds. The number of rotatable bonds is 10. The van der Waals surface area contributed by atoms with E-state index in [0.717, 1.165) is 63.0 Å². The summed E-state index contributed by atoms with van der Waals surface area (Å²) in [6, 6.07) is 2.15. The molecule has 2 aliphatic heterocycles. The topological polar surface area (TPSA) is 69.3 Å². The van der Waals surface area contributed by atoms with Gasteiger partial charge in [0, 0.05) is 31.7 Å². The van der Waals surface area contributed by atoms with Gasteiger partial charge in [-0.3, -0.25) is 19.1 Å². The fourth-order valence-electron chi connectivity index (χ4n) is 5.72. The minimum absolute atomic E-state index is 0.0672. The quantitative estimate of drug-likeness (QED) is 0.254. The highest BCUT2D eigenvalue weighted by Gasteiger charge is 2.35. The van der Waals surface area contributed by atoms with Gasteiger partial charge in [0.1, 0.15) is 21.8 Å². The van der Waals surface area contributed by atoms with Crippen LogP contribution in [0, 0.1) is 36.0 Å². The smallest absolute Gasteiger partial charge is 0.270 e. The predicted molar refractivity (Wildman–Crippen MR) is 159 cm³/mol. The van der Waals surface area contributed by atoms with Crippen LogP contribution in [0.3, 0.4) is 0 Å². The van der Waals surface area contributed by atoms with Crippen LogP contribution >= 0.6 is 24.0 Å². The molecule has 0 aliphatic carbocycles. The average Bonchev–Trinajstić information content (AvgIpc) is 3.11. The molecule has 6 nitrogen and oxygen atoms in total. The number of pyridine rings is 1. The molecule has 0 N–H and O–H groups in total. The van der Waals surface area contributed by atoms with Crippen molar-refractivity contribution in [1.82, 2.24) is 9.47 Å². The molecular weight excluding hydrogens is 500 g/mol.